The van der Waals surface area contributed by atoms with Gasteiger partial charge in [0.15, 0.2) is 11.6 Å². The fourth-order valence-electron chi connectivity index (χ4n) is 2.21. The SMILES string of the molecule is CCn1nc(C)nc1-c1cnn(-c2ccccn2)c1C. The van der Waals surface area contributed by atoms with Crippen molar-refractivity contribution in [3.05, 3.63) is 42.1 Å². The van der Waals surface area contributed by atoms with Gasteiger partial charge in [0.25, 0.3) is 0 Å². The van der Waals surface area contributed by atoms with Crippen LogP contribution in [-0.4, -0.2) is 29.5 Å². The highest BCUT2D eigenvalue weighted by Crippen LogP contribution is 2.23. The monoisotopic (exact) mass is 268 g/mol. The summed E-state index contributed by atoms with van der Waals surface area (Å²) < 4.78 is 3.71. The van der Waals surface area contributed by atoms with Crippen LogP contribution in [0.3, 0.4) is 0 Å². The number of aromatic nitrogens is 6. The highest BCUT2D eigenvalue weighted by molar-refractivity contribution is 5.58. The second-order valence-corrected chi connectivity index (χ2v) is 4.54. The van der Waals surface area contributed by atoms with E-state index in [9.17, 15) is 0 Å². The van der Waals surface area contributed by atoms with E-state index in [0.29, 0.717) is 0 Å². The third kappa shape index (κ3) is 1.99. The fraction of sp³-hybridized carbons (Fsp3) is 0.286. The van der Waals surface area contributed by atoms with E-state index in [1.165, 1.54) is 0 Å². The minimum Gasteiger partial charge on any atom is -0.246 e. The lowest BCUT2D eigenvalue weighted by molar-refractivity contribution is 0.659. The molecule has 0 atom stereocenters. The van der Waals surface area contributed by atoms with Gasteiger partial charge in [-0.25, -0.2) is 19.3 Å². The van der Waals surface area contributed by atoms with Gasteiger partial charge in [0, 0.05) is 12.7 Å². The Morgan fingerprint density at radius 1 is 1.20 bits per heavy atom. The van der Waals surface area contributed by atoms with Crippen LogP contribution in [0.1, 0.15) is 18.4 Å². The zero-order valence-electron chi connectivity index (χ0n) is 11.8. The molecule has 0 bridgehead atoms. The van der Waals surface area contributed by atoms with Gasteiger partial charge in [0.1, 0.15) is 5.82 Å². The highest BCUT2D eigenvalue weighted by atomic mass is 15.4. The summed E-state index contributed by atoms with van der Waals surface area (Å²) in [5.74, 6) is 2.42. The third-order valence-electron chi connectivity index (χ3n) is 3.19. The number of aryl methyl sites for hydroxylation is 2. The molecule has 0 fully saturated rings. The molecule has 3 heterocycles. The summed E-state index contributed by atoms with van der Waals surface area (Å²) in [6, 6.07) is 5.77. The van der Waals surface area contributed by atoms with E-state index in [1.54, 1.807) is 6.20 Å². The molecule has 0 amide bonds. The van der Waals surface area contributed by atoms with E-state index in [2.05, 4.69) is 27.1 Å². The van der Waals surface area contributed by atoms with Gasteiger partial charge in [-0.1, -0.05) is 6.07 Å². The first-order valence-electron chi connectivity index (χ1n) is 6.58. The molecular weight excluding hydrogens is 252 g/mol. The van der Waals surface area contributed by atoms with Crippen LogP contribution in [-0.2, 0) is 6.54 Å². The van der Waals surface area contributed by atoms with E-state index < -0.39 is 0 Å². The molecule has 0 aliphatic heterocycles. The standard InChI is InChI=1S/C14H16N6/c1-4-19-14(17-11(3)18-19)12-9-16-20(10(12)2)13-7-5-6-8-15-13/h5-9H,4H2,1-3H3. The summed E-state index contributed by atoms with van der Waals surface area (Å²) >= 11 is 0. The largest absolute Gasteiger partial charge is 0.246 e. The molecule has 0 aliphatic carbocycles. The van der Waals surface area contributed by atoms with Gasteiger partial charge in [-0.05, 0) is 32.9 Å². The molecule has 0 unspecified atom stereocenters. The van der Waals surface area contributed by atoms with Crippen LogP contribution in [0.2, 0.25) is 0 Å². The first-order chi connectivity index (χ1) is 9.70. The fourth-order valence-corrected chi connectivity index (χ4v) is 2.21. The lowest BCUT2D eigenvalue weighted by Gasteiger charge is -2.04. The summed E-state index contributed by atoms with van der Waals surface area (Å²) in [4.78, 5) is 8.82. The zero-order chi connectivity index (χ0) is 14.1. The van der Waals surface area contributed by atoms with Gasteiger partial charge in [0.2, 0.25) is 0 Å². The summed E-state index contributed by atoms with van der Waals surface area (Å²) in [6.07, 6.45) is 3.58. The van der Waals surface area contributed by atoms with Crippen molar-refractivity contribution < 1.29 is 0 Å². The molecule has 0 saturated heterocycles. The molecule has 0 saturated carbocycles. The van der Waals surface area contributed by atoms with Crippen molar-refractivity contribution >= 4 is 0 Å². The van der Waals surface area contributed by atoms with E-state index in [1.807, 2.05) is 47.6 Å². The van der Waals surface area contributed by atoms with Crippen LogP contribution in [0.4, 0.5) is 0 Å². The Bertz CT molecular complexity index is 725. The molecule has 3 rings (SSSR count). The van der Waals surface area contributed by atoms with Gasteiger partial charge in [-0.3, -0.25) is 0 Å². The van der Waals surface area contributed by atoms with Crippen LogP contribution in [0.5, 0.6) is 0 Å². The molecule has 0 radical (unpaired) electrons. The Hall–Kier alpha value is -2.50. The number of rotatable bonds is 3. The van der Waals surface area contributed by atoms with Crippen molar-refractivity contribution in [1.29, 1.82) is 0 Å². The van der Waals surface area contributed by atoms with Crippen molar-refractivity contribution in [3.63, 3.8) is 0 Å². The Balaban J connectivity index is 2.11. The topological polar surface area (TPSA) is 61.4 Å². The summed E-state index contributed by atoms with van der Waals surface area (Å²) in [6.45, 7) is 6.75. The third-order valence-corrected chi connectivity index (χ3v) is 3.19. The van der Waals surface area contributed by atoms with Gasteiger partial charge in [-0.15, -0.1) is 0 Å². The predicted molar refractivity (Wildman–Crippen MR) is 75.5 cm³/mol. The molecule has 20 heavy (non-hydrogen) atoms. The molecule has 0 N–H and O–H groups in total. The van der Waals surface area contributed by atoms with Gasteiger partial charge >= 0.3 is 0 Å². The molecule has 3 aromatic heterocycles. The number of pyridine rings is 1. The van der Waals surface area contributed by atoms with Crippen molar-refractivity contribution in [3.8, 4) is 17.2 Å². The van der Waals surface area contributed by atoms with E-state index in [-0.39, 0.29) is 0 Å². The Labute approximate surface area is 117 Å². The Kier molecular flexibility index (Phi) is 3.06. The average Bonchev–Trinajstić information content (AvgIpc) is 3.02. The maximum Gasteiger partial charge on any atom is 0.161 e. The van der Waals surface area contributed by atoms with Crippen LogP contribution >= 0.6 is 0 Å². The molecule has 0 aliphatic rings. The minimum absolute atomic E-state index is 0.770. The predicted octanol–water partition coefficient (Wildman–Crippen LogP) is 2.16. The van der Waals surface area contributed by atoms with Gasteiger partial charge in [-0.2, -0.15) is 10.2 Å². The maximum absolute atomic E-state index is 4.50. The maximum atomic E-state index is 4.50. The summed E-state index contributed by atoms with van der Waals surface area (Å²) in [7, 11) is 0. The number of hydrogen-bond acceptors (Lipinski definition) is 4. The molecule has 0 spiro atoms. The molecule has 3 aromatic rings. The second kappa shape index (κ2) is 4.88. The molecule has 102 valence electrons. The van der Waals surface area contributed by atoms with E-state index in [0.717, 1.165) is 35.3 Å². The molecule has 6 heteroatoms. The first kappa shape index (κ1) is 12.5. The van der Waals surface area contributed by atoms with Gasteiger partial charge in [0.05, 0.1) is 17.5 Å². The van der Waals surface area contributed by atoms with Gasteiger partial charge < -0.3 is 0 Å². The summed E-state index contributed by atoms with van der Waals surface area (Å²) in [5, 5.41) is 8.80. The quantitative estimate of drug-likeness (QED) is 0.730. The van der Waals surface area contributed by atoms with Crippen LogP contribution in [0.25, 0.3) is 17.2 Å². The van der Waals surface area contributed by atoms with Crippen molar-refractivity contribution in [2.45, 2.75) is 27.3 Å². The normalized spacial score (nSPS) is 10.9. The van der Waals surface area contributed by atoms with Crippen LogP contribution in [0, 0.1) is 13.8 Å². The first-order valence-corrected chi connectivity index (χ1v) is 6.58. The highest BCUT2D eigenvalue weighted by Gasteiger charge is 2.16. The average molecular weight is 268 g/mol. The van der Waals surface area contributed by atoms with E-state index >= 15 is 0 Å². The number of hydrogen-bond donors (Lipinski definition) is 0. The summed E-state index contributed by atoms with van der Waals surface area (Å²) in [5.41, 5.74) is 1.99. The molecule has 6 nitrogen and oxygen atoms in total. The van der Waals surface area contributed by atoms with Crippen molar-refractivity contribution in [2.75, 3.05) is 0 Å². The minimum atomic E-state index is 0.770. The van der Waals surface area contributed by atoms with Crippen LogP contribution in [0.15, 0.2) is 30.6 Å². The molecule has 0 aromatic carbocycles. The Morgan fingerprint density at radius 2 is 2.05 bits per heavy atom. The second-order valence-electron chi connectivity index (χ2n) is 4.54. The number of nitrogens with zero attached hydrogens (tertiary/aromatic N) is 6. The zero-order valence-corrected chi connectivity index (χ0v) is 11.8. The van der Waals surface area contributed by atoms with Crippen molar-refractivity contribution in [1.82, 2.24) is 29.5 Å². The van der Waals surface area contributed by atoms with Crippen molar-refractivity contribution in [2.24, 2.45) is 0 Å². The lowest BCUT2D eigenvalue weighted by Crippen LogP contribution is -2.03. The van der Waals surface area contributed by atoms with E-state index in [4.69, 9.17) is 0 Å². The van der Waals surface area contributed by atoms with Crippen LogP contribution < -0.4 is 0 Å². The Morgan fingerprint density at radius 3 is 2.75 bits per heavy atom. The smallest absolute Gasteiger partial charge is 0.161 e. The lowest BCUT2D eigenvalue weighted by atomic mass is 10.2. The molecular formula is C14H16N6.